The minimum Gasteiger partial charge on any atom is -0.497 e. The first kappa shape index (κ1) is 23.6. The summed E-state index contributed by atoms with van der Waals surface area (Å²) >= 11 is 0. The van der Waals surface area contributed by atoms with Crippen LogP contribution in [-0.2, 0) is 0 Å². The van der Waals surface area contributed by atoms with E-state index in [9.17, 15) is 9.50 Å². The number of hydrogen-bond donors (Lipinski definition) is 4. The molecule has 0 amide bonds. The molecule has 0 aliphatic rings. The first-order chi connectivity index (χ1) is 18.5. The molecule has 0 saturated heterocycles. The van der Waals surface area contributed by atoms with Gasteiger partial charge in [-0.05, 0) is 53.9 Å². The Morgan fingerprint density at radius 2 is 1.95 bits per heavy atom. The van der Waals surface area contributed by atoms with Crippen LogP contribution in [0, 0.1) is 5.82 Å². The fourth-order valence-corrected chi connectivity index (χ4v) is 4.45. The summed E-state index contributed by atoms with van der Waals surface area (Å²) in [5, 5.41) is 21.4. The maximum Gasteiger partial charge on any atom is 0.178 e. The molecule has 0 aliphatic carbocycles. The Bertz CT molecular complexity index is 1780. The zero-order valence-corrected chi connectivity index (χ0v) is 20.7. The lowest BCUT2D eigenvalue weighted by molar-refractivity contribution is 0.199. The van der Waals surface area contributed by atoms with E-state index in [-0.39, 0.29) is 0 Å². The number of pyridine rings is 2. The van der Waals surface area contributed by atoms with Crippen LogP contribution in [0.4, 0.5) is 10.1 Å². The van der Waals surface area contributed by atoms with Crippen molar-refractivity contribution >= 4 is 27.8 Å². The molecule has 1 unspecified atom stereocenters. The van der Waals surface area contributed by atoms with Gasteiger partial charge in [0.05, 0.1) is 30.0 Å². The van der Waals surface area contributed by atoms with Crippen molar-refractivity contribution in [2.75, 3.05) is 12.4 Å². The van der Waals surface area contributed by atoms with Gasteiger partial charge in [0.2, 0.25) is 0 Å². The maximum absolute atomic E-state index is 14.2. The van der Waals surface area contributed by atoms with Crippen LogP contribution in [-0.4, -0.2) is 48.6 Å². The van der Waals surface area contributed by atoms with Crippen molar-refractivity contribution in [2.24, 2.45) is 0 Å². The number of halogens is 1. The standard InChI is InChI=1S/C28H24FN7O2/c1-3-24(37)32-19-9-17(13-30-14-19)15-4-5-23-22(11-15)26(36-35-23)28-33-25-21(6-7-31-27(25)34-28)16-8-18(29)12-20(10-16)38-2/h4-14,24,32,37H,3H2,1-2H3,(H,35,36)(H,31,33,34). The molecular weight excluding hydrogens is 485 g/mol. The van der Waals surface area contributed by atoms with Crippen LogP contribution in [0.5, 0.6) is 5.75 Å². The van der Waals surface area contributed by atoms with Crippen LogP contribution in [0.25, 0.3) is 55.8 Å². The van der Waals surface area contributed by atoms with Gasteiger partial charge in [0, 0.05) is 35.0 Å². The van der Waals surface area contributed by atoms with Crippen LogP contribution in [0.1, 0.15) is 13.3 Å². The summed E-state index contributed by atoms with van der Waals surface area (Å²) in [5.41, 5.74) is 6.58. The first-order valence-electron chi connectivity index (χ1n) is 12.1. The van der Waals surface area contributed by atoms with Crippen LogP contribution >= 0.6 is 0 Å². The SMILES string of the molecule is CCC(O)Nc1cncc(-c2ccc3[nH]nc(-c4nc5nccc(-c6cc(F)cc(OC)c6)c5[nH]4)c3c2)c1. The molecule has 2 aromatic carbocycles. The molecule has 1 atom stereocenters. The second kappa shape index (κ2) is 9.56. The number of hydrogen-bond acceptors (Lipinski definition) is 7. The number of nitrogens with one attached hydrogen (secondary N) is 3. The van der Waals surface area contributed by atoms with E-state index in [4.69, 9.17) is 9.72 Å². The molecule has 0 fully saturated rings. The number of nitrogens with zero attached hydrogens (tertiary/aromatic N) is 4. The molecule has 9 nitrogen and oxygen atoms in total. The number of methoxy groups -OCH3 is 1. The van der Waals surface area contributed by atoms with Gasteiger partial charge in [-0.3, -0.25) is 10.1 Å². The van der Waals surface area contributed by atoms with Crippen molar-refractivity contribution in [3.63, 3.8) is 0 Å². The van der Waals surface area contributed by atoms with E-state index in [0.29, 0.717) is 40.4 Å². The van der Waals surface area contributed by atoms with E-state index < -0.39 is 12.0 Å². The van der Waals surface area contributed by atoms with Gasteiger partial charge in [-0.15, -0.1) is 0 Å². The number of fused-ring (bicyclic) bond motifs is 2. The predicted molar refractivity (Wildman–Crippen MR) is 144 cm³/mol. The average molecular weight is 510 g/mol. The predicted octanol–water partition coefficient (Wildman–Crippen LogP) is 5.52. The molecule has 6 aromatic rings. The molecule has 4 aromatic heterocycles. The number of ether oxygens (including phenoxy) is 1. The van der Waals surface area contributed by atoms with Gasteiger partial charge in [0.25, 0.3) is 0 Å². The van der Waals surface area contributed by atoms with E-state index >= 15 is 0 Å². The second-order valence-electron chi connectivity index (χ2n) is 8.89. The Morgan fingerprint density at radius 3 is 2.79 bits per heavy atom. The number of aliphatic hydroxyl groups is 1. The van der Waals surface area contributed by atoms with Crippen LogP contribution in [0.2, 0.25) is 0 Å². The smallest absolute Gasteiger partial charge is 0.178 e. The summed E-state index contributed by atoms with van der Waals surface area (Å²) in [6.07, 6.45) is 5.03. The highest BCUT2D eigenvalue weighted by molar-refractivity contribution is 5.97. The molecular formula is C28H24FN7O2. The molecule has 6 rings (SSSR count). The van der Waals surface area contributed by atoms with Crippen molar-refractivity contribution in [3.05, 3.63) is 72.9 Å². The summed E-state index contributed by atoms with van der Waals surface area (Å²) in [5.74, 6) is 0.563. The molecule has 38 heavy (non-hydrogen) atoms. The van der Waals surface area contributed by atoms with E-state index in [1.165, 1.54) is 19.2 Å². The molecule has 4 heterocycles. The number of anilines is 1. The van der Waals surface area contributed by atoms with Crippen LogP contribution in [0.3, 0.4) is 0 Å². The van der Waals surface area contributed by atoms with Crippen LogP contribution in [0.15, 0.2) is 67.1 Å². The first-order valence-corrected chi connectivity index (χ1v) is 12.1. The molecule has 0 aliphatic heterocycles. The van der Waals surface area contributed by atoms with Crippen molar-refractivity contribution in [1.29, 1.82) is 0 Å². The topological polar surface area (TPSA) is 125 Å². The lowest BCUT2D eigenvalue weighted by atomic mass is 10.0. The summed E-state index contributed by atoms with van der Waals surface area (Å²) in [7, 11) is 1.50. The summed E-state index contributed by atoms with van der Waals surface area (Å²) in [6.45, 7) is 1.90. The highest BCUT2D eigenvalue weighted by Crippen LogP contribution is 2.34. The highest BCUT2D eigenvalue weighted by atomic mass is 19.1. The summed E-state index contributed by atoms with van der Waals surface area (Å²) < 4.78 is 19.5. The lowest BCUT2D eigenvalue weighted by Crippen LogP contribution is -2.16. The van der Waals surface area contributed by atoms with Crippen molar-refractivity contribution in [1.82, 2.24) is 30.1 Å². The molecule has 0 radical (unpaired) electrons. The number of aromatic amines is 2. The number of benzene rings is 2. The number of aromatic nitrogens is 6. The largest absolute Gasteiger partial charge is 0.497 e. The van der Waals surface area contributed by atoms with Gasteiger partial charge < -0.3 is 20.1 Å². The minimum atomic E-state index is -0.643. The summed E-state index contributed by atoms with van der Waals surface area (Å²) in [6, 6.07) is 14.3. The maximum atomic E-state index is 14.2. The Balaban J connectivity index is 1.42. The third-order valence-electron chi connectivity index (χ3n) is 6.39. The Hall–Kier alpha value is -4.83. The number of rotatable bonds is 7. The van der Waals surface area contributed by atoms with Crippen molar-refractivity contribution in [2.45, 2.75) is 19.6 Å². The van der Waals surface area contributed by atoms with Crippen molar-refractivity contribution in [3.8, 4) is 39.5 Å². The summed E-state index contributed by atoms with van der Waals surface area (Å²) in [4.78, 5) is 16.8. The molecule has 10 heteroatoms. The normalized spacial score (nSPS) is 12.2. The Labute approximate surface area is 216 Å². The van der Waals surface area contributed by atoms with Gasteiger partial charge in [0.1, 0.15) is 23.5 Å². The van der Waals surface area contributed by atoms with E-state index in [2.05, 4.69) is 30.5 Å². The second-order valence-corrected chi connectivity index (χ2v) is 8.89. The lowest BCUT2D eigenvalue weighted by Gasteiger charge is -2.12. The Morgan fingerprint density at radius 1 is 1.05 bits per heavy atom. The highest BCUT2D eigenvalue weighted by Gasteiger charge is 2.17. The number of imidazole rings is 1. The number of aliphatic hydroxyl groups excluding tert-OH is 1. The molecule has 0 spiro atoms. The molecule has 0 saturated carbocycles. The zero-order valence-electron chi connectivity index (χ0n) is 20.7. The monoisotopic (exact) mass is 509 g/mol. The van der Waals surface area contributed by atoms with E-state index in [0.717, 1.165) is 33.3 Å². The van der Waals surface area contributed by atoms with Crippen LogP contribution < -0.4 is 10.1 Å². The molecule has 4 N–H and O–H groups in total. The van der Waals surface area contributed by atoms with Gasteiger partial charge >= 0.3 is 0 Å². The third-order valence-corrected chi connectivity index (χ3v) is 6.39. The van der Waals surface area contributed by atoms with Gasteiger partial charge in [-0.2, -0.15) is 5.10 Å². The quantitative estimate of drug-likeness (QED) is 0.209. The van der Waals surface area contributed by atoms with E-state index in [1.54, 1.807) is 24.7 Å². The third kappa shape index (κ3) is 4.31. The fraction of sp³-hybridized carbons (Fsp3) is 0.143. The van der Waals surface area contributed by atoms with Gasteiger partial charge in [-0.25, -0.2) is 14.4 Å². The Kier molecular flexibility index (Phi) is 5.93. The average Bonchev–Trinajstić information content (AvgIpc) is 3.56. The fourth-order valence-electron chi connectivity index (χ4n) is 4.45. The zero-order chi connectivity index (χ0) is 26.2. The van der Waals surface area contributed by atoms with Crippen molar-refractivity contribution < 1.29 is 14.2 Å². The van der Waals surface area contributed by atoms with Gasteiger partial charge in [0.15, 0.2) is 11.5 Å². The van der Waals surface area contributed by atoms with Gasteiger partial charge in [-0.1, -0.05) is 13.0 Å². The number of H-pyrrole nitrogens is 2. The minimum absolute atomic E-state index is 0.396. The van der Waals surface area contributed by atoms with E-state index in [1.807, 2.05) is 37.3 Å². The molecule has 190 valence electrons. The molecule has 0 bridgehead atoms.